The first-order chi connectivity index (χ1) is 8.20. The quantitative estimate of drug-likeness (QED) is 0.795. The lowest BCUT2D eigenvalue weighted by atomic mass is 10.1. The van der Waals surface area contributed by atoms with Crippen LogP contribution in [0.25, 0.3) is 0 Å². The maximum Gasteiger partial charge on any atom is 0.150 e. The van der Waals surface area contributed by atoms with Crippen molar-refractivity contribution in [3.8, 4) is 6.07 Å². The first-order valence-corrected chi connectivity index (χ1v) is 5.80. The van der Waals surface area contributed by atoms with Gasteiger partial charge < -0.3 is 16.0 Å². The van der Waals surface area contributed by atoms with Crippen molar-refractivity contribution in [1.29, 1.82) is 5.26 Å². The molecule has 0 bridgehead atoms. The number of hydrogen-bond donors (Lipinski definition) is 2. The van der Waals surface area contributed by atoms with Gasteiger partial charge in [0.05, 0.1) is 11.3 Å². The zero-order valence-corrected chi connectivity index (χ0v) is 9.98. The molecular formula is C12H17N5. The number of nitrogens with two attached hydrogens (primary N) is 1. The van der Waals surface area contributed by atoms with Gasteiger partial charge in [0, 0.05) is 18.8 Å². The molecule has 90 valence electrons. The molecule has 17 heavy (non-hydrogen) atoms. The average Bonchev–Trinajstić information content (AvgIpc) is 2.32. The minimum Gasteiger partial charge on any atom is -0.395 e. The Morgan fingerprint density at radius 3 is 3.18 bits per heavy atom. The van der Waals surface area contributed by atoms with E-state index in [0.29, 0.717) is 23.1 Å². The van der Waals surface area contributed by atoms with Crippen molar-refractivity contribution in [3.05, 3.63) is 17.8 Å². The lowest BCUT2D eigenvalue weighted by molar-refractivity contribution is 0.261. The van der Waals surface area contributed by atoms with Crippen LogP contribution in [0.5, 0.6) is 0 Å². The van der Waals surface area contributed by atoms with Gasteiger partial charge in [0.25, 0.3) is 0 Å². The Hall–Kier alpha value is -1.80. The molecule has 1 aliphatic heterocycles. The molecule has 1 fully saturated rings. The number of anilines is 2. The Balaban J connectivity index is 2.11. The van der Waals surface area contributed by atoms with Gasteiger partial charge in [-0.25, -0.2) is 4.98 Å². The predicted octanol–water partition coefficient (Wildman–Crippen LogP) is 1.04. The van der Waals surface area contributed by atoms with Crippen molar-refractivity contribution in [3.63, 3.8) is 0 Å². The van der Waals surface area contributed by atoms with Crippen LogP contribution in [0.3, 0.4) is 0 Å². The van der Waals surface area contributed by atoms with E-state index >= 15 is 0 Å². The van der Waals surface area contributed by atoms with Crippen molar-refractivity contribution >= 4 is 11.5 Å². The molecule has 2 heterocycles. The first-order valence-electron chi connectivity index (χ1n) is 5.80. The molecule has 1 aromatic rings. The topological polar surface area (TPSA) is 78.0 Å². The molecular weight excluding hydrogens is 214 g/mol. The average molecular weight is 231 g/mol. The number of rotatable bonds is 2. The van der Waals surface area contributed by atoms with E-state index in [9.17, 15) is 0 Å². The molecule has 5 nitrogen and oxygen atoms in total. The second kappa shape index (κ2) is 5.02. The molecule has 0 radical (unpaired) electrons. The Labute approximate surface area is 101 Å². The Morgan fingerprint density at radius 1 is 1.65 bits per heavy atom. The third-order valence-corrected chi connectivity index (χ3v) is 3.08. The summed E-state index contributed by atoms with van der Waals surface area (Å²) in [6.07, 6.45) is 3.90. The number of nitrogen functional groups attached to an aromatic ring is 1. The lowest BCUT2D eigenvalue weighted by Crippen LogP contribution is -2.40. The second-order valence-electron chi connectivity index (χ2n) is 4.48. The van der Waals surface area contributed by atoms with E-state index in [1.807, 2.05) is 0 Å². The van der Waals surface area contributed by atoms with Crippen molar-refractivity contribution in [2.45, 2.75) is 18.9 Å². The molecule has 0 amide bonds. The van der Waals surface area contributed by atoms with Crippen molar-refractivity contribution in [2.24, 2.45) is 0 Å². The van der Waals surface area contributed by atoms with Gasteiger partial charge in [-0.05, 0) is 32.5 Å². The Kier molecular flexibility index (Phi) is 3.45. The molecule has 0 aliphatic carbocycles. The number of pyridine rings is 1. The van der Waals surface area contributed by atoms with Crippen LogP contribution in [0.4, 0.5) is 11.5 Å². The zero-order chi connectivity index (χ0) is 12.3. The summed E-state index contributed by atoms with van der Waals surface area (Å²) in [4.78, 5) is 6.48. The number of piperidine rings is 1. The van der Waals surface area contributed by atoms with Gasteiger partial charge in [0.15, 0.2) is 5.82 Å². The van der Waals surface area contributed by atoms with E-state index in [-0.39, 0.29) is 0 Å². The Morgan fingerprint density at radius 2 is 2.47 bits per heavy atom. The highest BCUT2D eigenvalue weighted by Gasteiger charge is 2.18. The highest BCUT2D eigenvalue weighted by atomic mass is 15.2. The Bertz CT molecular complexity index is 437. The standard InChI is InChI=1S/C12H17N5/c1-17-6-2-3-10(8-17)16-12-11(14)9(7-13)4-5-15-12/h4-5,10H,2-3,6,8,14H2,1H3,(H,15,16). The summed E-state index contributed by atoms with van der Waals surface area (Å²) < 4.78 is 0. The minimum atomic E-state index is 0.359. The van der Waals surface area contributed by atoms with Crippen LogP contribution in [0.2, 0.25) is 0 Å². The third-order valence-electron chi connectivity index (χ3n) is 3.08. The number of hydrogen-bond acceptors (Lipinski definition) is 5. The van der Waals surface area contributed by atoms with Gasteiger partial charge >= 0.3 is 0 Å². The van der Waals surface area contributed by atoms with Crippen LogP contribution in [0, 0.1) is 11.3 Å². The summed E-state index contributed by atoms with van der Waals surface area (Å²) in [6.45, 7) is 2.12. The highest BCUT2D eigenvalue weighted by Crippen LogP contribution is 2.21. The normalized spacial score (nSPS) is 20.8. The van der Waals surface area contributed by atoms with Crippen molar-refractivity contribution in [1.82, 2.24) is 9.88 Å². The van der Waals surface area contributed by atoms with Crippen LogP contribution < -0.4 is 11.1 Å². The molecule has 0 spiro atoms. The summed E-state index contributed by atoms with van der Waals surface area (Å²) in [5, 5.41) is 12.2. The van der Waals surface area contributed by atoms with Crippen LogP contribution >= 0.6 is 0 Å². The molecule has 3 N–H and O–H groups in total. The number of nitriles is 1. The van der Waals surface area contributed by atoms with E-state index in [1.165, 1.54) is 6.42 Å². The number of aromatic nitrogens is 1. The predicted molar refractivity (Wildman–Crippen MR) is 67.5 cm³/mol. The molecule has 1 aliphatic rings. The van der Waals surface area contributed by atoms with Gasteiger partial charge in [-0.3, -0.25) is 0 Å². The van der Waals surface area contributed by atoms with Crippen LogP contribution in [-0.4, -0.2) is 36.1 Å². The summed E-state index contributed by atoms with van der Waals surface area (Å²) in [5.74, 6) is 0.629. The molecule has 1 unspecified atom stereocenters. The molecule has 2 rings (SSSR count). The molecule has 5 heteroatoms. The summed E-state index contributed by atoms with van der Waals surface area (Å²) >= 11 is 0. The largest absolute Gasteiger partial charge is 0.395 e. The fraction of sp³-hybridized carbons (Fsp3) is 0.500. The summed E-state index contributed by atoms with van der Waals surface area (Å²) in [6, 6.07) is 4.06. The summed E-state index contributed by atoms with van der Waals surface area (Å²) in [7, 11) is 2.11. The molecule has 1 aromatic heterocycles. The van der Waals surface area contributed by atoms with Gasteiger partial charge in [-0.2, -0.15) is 5.26 Å². The number of nitrogens with one attached hydrogen (secondary N) is 1. The highest BCUT2D eigenvalue weighted by molar-refractivity contribution is 5.69. The number of likely N-dealkylation sites (N-methyl/N-ethyl adjacent to an activating group) is 1. The lowest BCUT2D eigenvalue weighted by Gasteiger charge is -2.30. The van der Waals surface area contributed by atoms with E-state index in [2.05, 4.69) is 28.3 Å². The van der Waals surface area contributed by atoms with Gasteiger partial charge in [0.2, 0.25) is 0 Å². The third kappa shape index (κ3) is 2.66. The van der Waals surface area contributed by atoms with E-state index in [1.54, 1.807) is 12.3 Å². The van der Waals surface area contributed by atoms with E-state index in [0.717, 1.165) is 19.5 Å². The number of likely N-dealkylation sites (tertiary alicyclic amines) is 1. The van der Waals surface area contributed by atoms with Crippen LogP contribution in [0.15, 0.2) is 12.3 Å². The fourth-order valence-corrected chi connectivity index (χ4v) is 2.16. The molecule has 1 atom stereocenters. The van der Waals surface area contributed by atoms with E-state index < -0.39 is 0 Å². The number of nitrogens with zero attached hydrogens (tertiary/aromatic N) is 3. The molecule has 1 saturated heterocycles. The molecule has 0 aromatic carbocycles. The van der Waals surface area contributed by atoms with Gasteiger partial charge in [-0.15, -0.1) is 0 Å². The fourth-order valence-electron chi connectivity index (χ4n) is 2.16. The summed E-state index contributed by atoms with van der Waals surface area (Å²) in [5.41, 5.74) is 6.81. The first kappa shape index (κ1) is 11.7. The SMILES string of the molecule is CN1CCCC(Nc2nccc(C#N)c2N)C1. The van der Waals surface area contributed by atoms with Crippen LogP contribution in [-0.2, 0) is 0 Å². The molecule has 0 saturated carbocycles. The maximum atomic E-state index is 8.90. The minimum absolute atomic E-state index is 0.359. The van der Waals surface area contributed by atoms with Crippen molar-refractivity contribution in [2.75, 3.05) is 31.2 Å². The van der Waals surface area contributed by atoms with E-state index in [4.69, 9.17) is 11.0 Å². The van der Waals surface area contributed by atoms with Crippen molar-refractivity contribution < 1.29 is 0 Å². The van der Waals surface area contributed by atoms with Gasteiger partial charge in [-0.1, -0.05) is 0 Å². The van der Waals surface area contributed by atoms with Gasteiger partial charge in [0.1, 0.15) is 6.07 Å². The van der Waals surface area contributed by atoms with Crippen LogP contribution in [0.1, 0.15) is 18.4 Å². The maximum absolute atomic E-state index is 8.90. The monoisotopic (exact) mass is 231 g/mol. The second-order valence-corrected chi connectivity index (χ2v) is 4.48. The smallest absolute Gasteiger partial charge is 0.150 e. The zero-order valence-electron chi connectivity index (χ0n) is 9.98.